The summed E-state index contributed by atoms with van der Waals surface area (Å²) >= 11 is 12.0. The number of likely N-dealkylation sites (N-methyl/N-ethyl adjacent to an activating group) is 1. The minimum atomic E-state index is -0.453. The highest BCUT2D eigenvalue weighted by Gasteiger charge is 2.15. The highest BCUT2D eigenvalue weighted by Crippen LogP contribution is 2.26. The van der Waals surface area contributed by atoms with Gasteiger partial charge in [0, 0.05) is 16.1 Å². The topological polar surface area (TPSA) is 12.0 Å². The third-order valence-electron chi connectivity index (χ3n) is 3.17. The second kappa shape index (κ2) is 7.21. The van der Waals surface area contributed by atoms with E-state index >= 15 is 0 Å². The van der Waals surface area contributed by atoms with E-state index in [-0.39, 0.29) is 6.04 Å². The highest BCUT2D eigenvalue weighted by atomic mass is 35.5. The lowest BCUT2D eigenvalue weighted by Gasteiger charge is -2.19. The molecule has 0 heterocycles. The first-order valence-corrected chi connectivity index (χ1v) is 7.38. The van der Waals surface area contributed by atoms with Crippen LogP contribution >= 0.6 is 23.2 Å². The molecule has 0 aliphatic heterocycles. The summed E-state index contributed by atoms with van der Waals surface area (Å²) in [5.74, 6) is -0.877. The first kappa shape index (κ1) is 16.2. The largest absolute Gasteiger partial charge is 0.310 e. The van der Waals surface area contributed by atoms with E-state index < -0.39 is 11.6 Å². The fraction of sp³-hybridized carbons (Fsp3) is 0.250. The fourth-order valence-corrected chi connectivity index (χ4v) is 2.79. The van der Waals surface area contributed by atoms with Crippen LogP contribution in [0.15, 0.2) is 36.4 Å². The van der Waals surface area contributed by atoms with Crippen molar-refractivity contribution in [2.24, 2.45) is 0 Å². The molecule has 1 unspecified atom stereocenters. The molecule has 2 aromatic rings. The molecule has 0 fully saturated rings. The van der Waals surface area contributed by atoms with E-state index in [1.165, 1.54) is 6.07 Å². The molecule has 1 nitrogen and oxygen atoms in total. The maximum Gasteiger partial charge on any atom is 0.126 e. The Morgan fingerprint density at radius 2 is 1.71 bits per heavy atom. The lowest BCUT2D eigenvalue weighted by atomic mass is 9.98. The van der Waals surface area contributed by atoms with Crippen molar-refractivity contribution in [1.29, 1.82) is 0 Å². The second-order valence-corrected chi connectivity index (χ2v) is 5.63. The van der Waals surface area contributed by atoms with Gasteiger partial charge in [0.25, 0.3) is 0 Å². The Hall–Kier alpha value is -1.16. The van der Waals surface area contributed by atoms with Gasteiger partial charge in [0.2, 0.25) is 0 Å². The highest BCUT2D eigenvalue weighted by molar-refractivity contribution is 6.34. The number of hydrogen-bond donors (Lipinski definition) is 1. The lowest BCUT2D eigenvalue weighted by Crippen LogP contribution is -2.23. The van der Waals surface area contributed by atoms with Crippen LogP contribution in [0.5, 0.6) is 0 Å². The molecule has 0 saturated carbocycles. The molecule has 0 saturated heterocycles. The van der Waals surface area contributed by atoms with Crippen molar-refractivity contribution >= 4 is 23.2 Å². The standard InChI is InChI=1S/C16H15Cl2F2N/c1-2-21-16(11-5-12(17)9-13(18)6-11)8-10-7-14(19)3-4-15(10)20/h3-7,9,16,21H,2,8H2,1H3. The van der Waals surface area contributed by atoms with E-state index in [1.54, 1.807) is 18.2 Å². The average Bonchev–Trinajstić information content (AvgIpc) is 2.41. The second-order valence-electron chi connectivity index (χ2n) is 4.75. The molecule has 21 heavy (non-hydrogen) atoms. The number of halogens is 4. The van der Waals surface area contributed by atoms with Crippen LogP contribution in [0.2, 0.25) is 10.0 Å². The molecule has 0 spiro atoms. The Morgan fingerprint density at radius 1 is 1.05 bits per heavy atom. The molecule has 0 aliphatic carbocycles. The van der Waals surface area contributed by atoms with Crippen molar-refractivity contribution in [3.8, 4) is 0 Å². The summed E-state index contributed by atoms with van der Waals surface area (Å²) in [6, 6.07) is 8.46. The van der Waals surface area contributed by atoms with E-state index in [4.69, 9.17) is 23.2 Å². The SMILES string of the molecule is CCNC(Cc1cc(F)ccc1F)c1cc(Cl)cc(Cl)c1. The van der Waals surface area contributed by atoms with E-state index in [0.717, 1.165) is 17.7 Å². The molecule has 0 aromatic heterocycles. The number of benzene rings is 2. The first-order valence-electron chi connectivity index (χ1n) is 6.63. The Kier molecular flexibility index (Phi) is 5.57. The number of hydrogen-bond acceptors (Lipinski definition) is 1. The monoisotopic (exact) mass is 329 g/mol. The summed E-state index contributed by atoms with van der Waals surface area (Å²) in [5, 5.41) is 4.27. The zero-order valence-corrected chi connectivity index (χ0v) is 13.0. The van der Waals surface area contributed by atoms with Gasteiger partial charge in [-0.3, -0.25) is 0 Å². The summed E-state index contributed by atoms with van der Waals surface area (Å²) in [6.45, 7) is 2.63. The summed E-state index contributed by atoms with van der Waals surface area (Å²) < 4.78 is 27.1. The van der Waals surface area contributed by atoms with Gasteiger partial charge in [-0.05, 0) is 60.5 Å². The van der Waals surface area contributed by atoms with Crippen LogP contribution in [-0.2, 0) is 6.42 Å². The van der Waals surface area contributed by atoms with Gasteiger partial charge in [-0.1, -0.05) is 30.1 Å². The van der Waals surface area contributed by atoms with Crippen molar-refractivity contribution in [2.75, 3.05) is 6.54 Å². The van der Waals surface area contributed by atoms with Gasteiger partial charge in [-0.25, -0.2) is 8.78 Å². The molecule has 5 heteroatoms. The van der Waals surface area contributed by atoms with E-state index in [0.29, 0.717) is 28.6 Å². The minimum Gasteiger partial charge on any atom is -0.310 e. The first-order chi connectivity index (χ1) is 9.99. The summed E-state index contributed by atoms with van der Waals surface area (Å²) in [5.41, 5.74) is 1.16. The molecule has 0 amide bonds. The van der Waals surface area contributed by atoms with Gasteiger partial charge in [0.1, 0.15) is 11.6 Å². The molecule has 2 rings (SSSR count). The molecule has 0 bridgehead atoms. The van der Waals surface area contributed by atoms with Crippen molar-refractivity contribution in [2.45, 2.75) is 19.4 Å². The maximum absolute atomic E-state index is 13.8. The summed E-state index contributed by atoms with van der Waals surface area (Å²) in [4.78, 5) is 0. The van der Waals surface area contributed by atoms with Gasteiger partial charge >= 0.3 is 0 Å². The predicted molar refractivity (Wildman–Crippen MR) is 82.9 cm³/mol. The number of nitrogens with one attached hydrogen (secondary N) is 1. The smallest absolute Gasteiger partial charge is 0.126 e. The Balaban J connectivity index is 2.32. The van der Waals surface area contributed by atoms with Crippen LogP contribution in [0.1, 0.15) is 24.1 Å². The minimum absolute atomic E-state index is 0.192. The normalized spacial score (nSPS) is 12.4. The van der Waals surface area contributed by atoms with Crippen LogP contribution in [0.4, 0.5) is 8.78 Å². The van der Waals surface area contributed by atoms with Gasteiger partial charge in [-0.15, -0.1) is 0 Å². The van der Waals surface area contributed by atoms with E-state index in [1.807, 2.05) is 6.92 Å². The Labute approximate surface area is 132 Å². The molecule has 2 aromatic carbocycles. The summed E-state index contributed by atoms with van der Waals surface area (Å²) in [6.07, 6.45) is 0.314. The molecule has 1 N–H and O–H groups in total. The zero-order chi connectivity index (χ0) is 15.4. The third-order valence-corrected chi connectivity index (χ3v) is 3.61. The van der Waals surface area contributed by atoms with Crippen molar-refractivity contribution in [1.82, 2.24) is 5.32 Å². The molecule has 0 radical (unpaired) electrons. The molecular weight excluding hydrogens is 315 g/mol. The Bertz CT molecular complexity index is 611. The zero-order valence-electron chi connectivity index (χ0n) is 11.5. The van der Waals surface area contributed by atoms with Crippen molar-refractivity contribution in [3.05, 3.63) is 69.2 Å². The van der Waals surface area contributed by atoms with Crippen LogP contribution < -0.4 is 5.32 Å². The predicted octanol–water partition coefficient (Wildman–Crippen LogP) is 5.16. The number of rotatable bonds is 5. The maximum atomic E-state index is 13.8. The quantitative estimate of drug-likeness (QED) is 0.798. The third kappa shape index (κ3) is 4.40. The van der Waals surface area contributed by atoms with Crippen LogP contribution in [0.25, 0.3) is 0 Å². The molecule has 0 aliphatic rings. The molecule has 112 valence electrons. The van der Waals surface area contributed by atoms with E-state index in [2.05, 4.69) is 5.32 Å². The summed E-state index contributed by atoms with van der Waals surface area (Å²) in [7, 11) is 0. The molecule has 1 atom stereocenters. The van der Waals surface area contributed by atoms with Crippen LogP contribution in [0, 0.1) is 11.6 Å². The van der Waals surface area contributed by atoms with Crippen LogP contribution in [-0.4, -0.2) is 6.54 Å². The van der Waals surface area contributed by atoms with Gasteiger partial charge in [0.15, 0.2) is 0 Å². The van der Waals surface area contributed by atoms with Gasteiger partial charge in [-0.2, -0.15) is 0 Å². The van der Waals surface area contributed by atoms with Crippen molar-refractivity contribution in [3.63, 3.8) is 0 Å². The average molecular weight is 330 g/mol. The van der Waals surface area contributed by atoms with Crippen LogP contribution in [0.3, 0.4) is 0 Å². The van der Waals surface area contributed by atoms with E-state index in [9.17, 15) is 8.78 Å². The molecular formula is C16H15Cl2F2N. The van der Waals surface area contributed by atoms with Gasteiger partial charge < -0.3 is 5.32 Å². The van der Waals surface area contributed by atoms with Crippen molar-refractivity contribution < 1.29 is 8.78 Å². The van der Waals surface area contributed by atoms with Gasteiger partial charge in [0.05, 0.1) is 0 Å². The lowest BCUT2D eigenvalue weighted by molar-refractivity contribution is 0.522. The fourth-order valence-electron chi connectivity index (χ4n) is 2.25. The Morgan fingerprint density at radius 3 is 2.33 bits per heavy atom.